The van der Waals surface area contributed by atoms with Crippen molar-refractivity contribution >= 4 is 23.9 Å². The number of aliphatic hydroxyl groups excluding tert-OH is 7. The van der Waals surface area contributed by atoms with E-state index in [1.165, 1.54) is 30.5 Å². The molecule has 0 bridgehead atoms. The Balaban J connectivity index is 1.23. The maximum Gasteiger partial charge on any atom is 0.272 e. The molecule has 17 heteroatoms. The van der Waals surface area contributed by atoms with Gasteiger partial charge in [-0.05, 0) is 36.4 Å². The van der Waals surface area contributed by atoms with E-state index in [1.807, 2.05) is 0 Å². The van der Waals surface area contributed by atoms with Crippen LogP contribution in [0.4, 0.5) is 8.78 Å². The van der Waals surface area contributed by atoms with Gasteiger partial charge in [-0.3, -0.25) is 4.79 Å². The summed E-state index contributed by atoms with van der Waals surface area (Å²) >= 11 is 0.858. The molecule has 2 aliphatic rings. The third kappa shape index (κ3) is 7.71. The van der Waals surface area contributed by atoms with Crippen molar-refractivity contribution in [2.75, 3.05) is 13.2 Å². The smallest absolute Gasteiger partial charge is 0.272 e. The van der Waals surface area contributed by atoms with Crippen LogP contribution in [0.3, 0.4) is 0 Å². The number of halogens is 2. The molecule has 10 atom stereocenters. The predicted molar refractivity (Wildman–Crippen MR) is 158 cm³/mol. The Labute approximate surface area is 269 Å². The van der Waals surface area contributed by atoms with Gasteiger partial charge in [0.15, 0.2) is 6.29 Å². The van der Waals surface area contributed by atoms with Crippen molar-refractivity contribution in [1.29, 1.82) is 0 Å². The Morgan fingerprint density at radius 1 is 0.894 bits per heavy atom. The molecule has 3 heterocycles. The van der Waals surface area contributed by atoms with E-state index in [2.05, 4.69) is 10.5 Å². The number of furan rings is 1. The van der Waals surface area contributed by atoms with Crippen molar-refractivity contribution in [3.63, 3.8) is 0 Å². The number of carbonyl (C=O) groups is 1. The Morgan fingerprint density at radius 3 is 2.36 bits per heavy atom. The Hall–Kier alpha value is -3.33. The molecular weight excluding hydrogens is 650 g/mol. The molecule has 47 heavy (non-hydrogen) atoms. The molecule has 2 aromatic carbocycles. The predicted octanol–water partition coefficient (Wildman–Crippen LogP) is -0.295. The summed E-state index contributed by atoms with van der Waals surface area (Å²) < 4.78 is 49.5. The summed E-state index contributed by atoms with van der Waals surface area (Å²) in [6.07, 6.45) is -13.2. The third-order valence-electron chi connectivity index (χ3n) is 7.52. The van der Waals surface area contributed by atoms with E-state index >= 15 is 0 Å². The molecule has 5 rings (SSSR count). The zero-order chi connectivity index (χ0) is 33.8. The van der Waals surface area contributed by atoms with Crippen molar-refractivity contribution in [1.82, 2.24) is 5.43 Å². The fourth-order valence-electron chi connectivity index (χ4n) is 5.01. The van der Waals surface area contributed by atoms with E-state index in [-0.39, 0.29) is 22.6 Å². The summed E-state index contributed by atoms with van der Waals surface area (Å²) in [6.45, 7) is -1.44. The number of nitrogens with zero attached hydrogens (tertiary/aromatic N) is 1. The van der Waals surface area contributed by atoms with Gasteiger partial charge in [0.25, 0.3) is 5.91 Å². The molecule has 3 aromatic rings. The van der Waals surface area contributed by atoms with Gasteiger partial charge in [0.05, 0.1) is 30.6 Å². The lowest BCUT2D eigenvalue weighted by atomic mass is 9.97. The quantitative estimate of drug-likeness (QED) is 0.102. The van der Waals surface area contributed by atoms with E-state index in [4.69, 9.17) is 18.6 Å². The lowest BCUT2D eigenvalue weighted by molar-refractivity contribution is -0.338. The second kappa shape index (κ2) is 15.3. The van der Waals surface area contributed by atoms with Crippen LogP contribution < -0.4 is 5.43 Å². The summed E-state index contributed by atoms with van der Waals surface area (Å²) in [5.41, 5.74) is 1.24. The lowest BCUT2D eigenvalue weighted by Gasteiger charge is -2.46. The van der Waals surface area contributed by atoms with Gasteiger partial charge in [-0.25, -0.2) is 14.2 Å². The van der Waals surface area contributed by atoms with Gasteiger partial charge >= 0.3 is 0 Å². The highest BCUT2D eigenvalue weighted by atomic mass is 32.2. The zero-order valence-corrected chi connectivity index (χ0v) is 25.1. The molecule has 0 saturated carbocycles. The molecule has 8 N–H and O–H groups in total. The van der Waals surface area contributed by atoms with Crippen molar-refractivity contribution in [2.45, 2.75) is 65.5 Å². The highest BCUT2D eigenvalue weighted by molar-refractivity contribution is 8.00. The van der Waals surface area contributed by atoms with E-state index in [0.717, 1.165) is 23.9 Å². The second-order valence-corrected chi connectivity index (χ2v) is 11.8. The monoisotopic (exact) mass is 682 g/mol. The number of carbonyl (C=O) groups excluding carboxylic acids is 1. The summed E-state index contributed by atoms with van der Waals surface area (Å²) in [6, 6.07) is 12.2. The number of hydrazone groups is 1. The van der Waals surface area contributed by atoms with E-state index in [0.29, 0.717) is 4.90 Å². The van der Waals surface area contributed by atoms with Crippen molar-refractivity contribution < 1.29 is 67.9 Å². The van der Waals surface area contributed by atoms with Gasteiger partial charge < -0.3 is 54.4 Å². The molecule has 2 fully saturated rings. The average Bonchev–Trinajstić information content (AvgIpc) is 3.53. The number of aliphatic hydroxyl groups is 7. The Morgan fingerprint density at radius 2 is 1.64 bits per heavy atom. The molecule has 1 aromatic heterocycles. The first-order valence-electron chi connectivity index (χ1n) is 14.2. The minimum absolute atomic E-state index is 0.0356. The maximum absolute atomic E-state index is 14.1. The Kier molecular flexibility index (Phi) is 11.4. The van der Waals surface area contributed by atoms with Gasteiger partial charge in [0, 0.05) is 11.0 Å². The minimum atomic E-state index is -1.80. The first kappa shape index (κ1) is 35.0. The first-order valence-corrected chi connectivity index (χ1v) is 15.1. The van der Waals surface area contributed by atoms with E-state index in [9.17, 15) is 49.3 Å². The highest BCUT2D eigenvalue weighted by Gasteiger charge is 2.50. The lowest BCUT2D eigenvalue weighted by Crippen LogP contribution is -2.64. The summed E-state index contributed by atoms with van der Waals surface area (Å²) in [5.74, 6) is -1.94. The third-order valence-corrected chi connectivity index (χ3v) is 8.75. The molecule has 0 unspecified atom stereocenters. The SMILES string of the molecule is O=C(N/N=C/c1ccc(-c2ccc(F)cc2F)o1)c1ccccc1S[C@@H]1O[C@H](CO)[C@@H](O[C@@H]2O[C@H](CO)[C@H](O)[C@H](O)[C@H]2O)[C@H](O)[C@H]1O. The number of hydrogen-bond donors (Lipinski definition) is 8. The molecule has 14 nitrogen and oxygen atoms in total. The van der Waals surface area contributed by atoms with Crippen molar-refractivity contribution in [3.8, 4) is 11.3 Å². The van der Waals surface area contributed by atoms with Crippen molar-refractivity contribution in [2.24, 2.45) is 5.10 Å². The Bertz CT molecular complexity index is 1560. The van der Waals surface area contributed by atoms with Crippen LogP contribution in [0.2, 0.25) is 0 Å². The van der Waals surface area contributed by atoms with Crippen LogP contribution in [0.25, 0.3) is 11.3 Å². The summed E-state index contributed by atoms with van der Waals surface area (Å²) in [4.78, 5) is 13.3. The normalized spacial score (nSPS) is 31.3. The molecule has 254 valence electrons. The van der Waals surface area contributed by atoms with Gasteiger partial charge in [-0.15, -0.1) is 0 Å². The van der Waals surface area contributed by atoms with Gasteiger partial charge in [-0.1, -0.05) is 23.9 Å². The van der Waals surface area contributed by atoms with Crippen LogP contribution in [0.5, 0.6) is 0 Å². The molecule has 0 spiro atoms. The summed E-state index contributed by atoms with van der Waals surface area (Å²) in [5, 5.41) is 75.5. The minimum Gasteiger partial charge on any atom is -0.455 e. The van der Waals surface area contributed by atoms with Gasteiger partial charge in [0.1, 0.15) is 77.4 Å². The fraction of sp³-hybridized carbons (Fsp3) is 0.400. The number of hydrogen-bond acceptors (Lipinski definition) is 14. The van der Waals surface area contributed by atoms with Crippen LogP contribution in [-0.2, 0) is 14.2 Å². The molecular formula is C30H32F2N2O12S. The van der Waals surface area contributed by atoms with Crippen LogP contribution in [-0.4, -0.2) is 122 Å². The molecule has 0 radical (unpaired) electrons. The molecule has 1 amide bonds. The standard InChI is InChI=1S/C30H32F2N2O12S/c31-13-5-7-15(17(32)9-13)18-8-6-14(43-18)10-33-34-28(42)16-3-1-2-4-21(16)47-30-26(41)24(39)27(20(12-36)45-30)46-29-25(40)23(38)22(37)19(11-35)44-29/h1-10,19-20,22-27,29-30,35-41H,11-12H2,(H,34,42)/b33-10+/t19-,20-,22+,23+,24-,25-,26-,27-,29+,30+/m1/s1. The zero-order valence-electron chi connectivity index (χ0n) is 24.2. The van der Waals surface area contributed by atoms with Crippen LogP contribution in [0, 0.1) is 11.6 Å². The average molecular weight is 683 g/mol. The number of amides is 1. The molecule has 2 saturated heterocycles. The van der Waals surface area contributed by atoms with Crippen LogP contribution >= 0.6 is 11.8 Å². The topological polar surface area (TPSA) is 224 Å². The van der Waals surface area contributed by atoms with Crippen LogP contribution in [0.1, 0.15) is 16.1 Å². The van der Waals surface area contributed by atoms with Gasteiger partial charge in [-0.2, -0.15) is 5.10 Å². The van der Waals surface area contributed by atoms with E-state index in [1.54, 1.807) is 18.2 Å². The summed E-state index contributed by atoms with van der Waals surface area (Å²) in [7, 11) is 0. The first-order chi connectivity index (χ1) is 22.5. The maximum atomic E-state index is 14.1. The highest BCUT2D eigenvalue weighted by Crippen LogP contribution is 2.37. The number of nitrogens with one attached hydrogen (secondary N) is 1. The number of thioether (sulfide) groups is 1. The van der Waals surface area contributed by atoms with Crippen molar-refractivity contribution in [3.05, 3.63) is 77.6 Å². The molecule has 0 aliphatic carbocycles. The van der Waals surface area contributed by atoms with Gasteiger partial charge in [0.2, 0.25) is 0 Å². The number of ether oxygens (including phenoxy) is 3. The number of benzene rings is 2. The number of rotatable bonds is 10. The molecule has 2 aliphatic heterocycles. The fourth-order valence-corrected chi connectivity index (χ4v) is 6.20. The second-order valence-electron chi connectivity index (χ2n) is 10.6. The van der Waals surface area contributed by atoms with Crippen LogP contribution in [0.15, 0.2) is 69.0 Å². The largest absolute Gasteiger partial charge is 0.455 e. The van der Waals surface area contributed by atoms with E-state index < -0.39 is 91.3 Å².